The third-order valence-corrected chi connectivity index (χ3v) is 2.98. The van der Waals surface area contributed by atoms with Gasteiger partial charge in [-0.15, -0.1) is 12.4 Å². The highest BCUT2D eigenvalue weighted by molar-refractivity contribution is 6.36. The van der Waals surface area contributed by atoms with Gasteiger partial charge in [0.05, 0.1) is 5.02 Å². The Bertz CT molecular complexity index is 587. The minimum atomic E-state index is 0. The number of hydrogen-bond donors (Lipinski definition) is 1. The maximum Gasteiger partial charge on any atom is 0.221 e. The summed E-state index contributed by atoms with van der Waals surface area (Å²) in [6.07, 6.45) is 1.66. The van der Waals surface area contributed by atoms with E-state index in [0.29, 0.717) is 15.9 Å². The Labute approximate surface area is 128 Å². The van der Waals surface area contributed by atoms with E-state index in [2.05, 4.69) is 9.97 Å². The molecule has 0 aliphatic carbocycles. The second-order valence-corrected chi connectivity index (χ2v) is 4.83. The number of rotatable bonds is 2. The number of hydrogen-bond acceptors (Lipinski definition) is 4. The molecule has 4 nitrogen and oxygen atoms in total. The van der Waals surface area contributed by atoms with Crippen LogP contribution < -0.4 is 10.6 Å². The van der Waals surface area contributed by atoms with Crippen LogP contribution in [0.3, 0.4) is 0 Å². The number of halogens is 3. The summed E-state index contributed by atoms with van der Waals surface area (Å²) in [7, 11) is 3.77. The molecule has 19 heavy (non-hydrogen) atoms. The normalized spacial score (nSPS) is 9.89. The lowest BCUT2D eigenvalue weighted by Gasteiger charge is -2.16. The molecule has 2 N–H and O–H groups in total. The van der Waals surface area contributed by atoms with Gasteiger partial charge in [-0.25, -0.2) is 4.98 Å². The van der Waals surface area contributed by atoms with Gasteiger partial charge in [0.1, 0.15) is 5.82 Å². The molecule has 102 valence electrons. The Hall–Kier alpha value is -1.23. The minimum Gasteiger partial charge on any atom is -0.368 e. The van der Waals surface area contributed by atoms with Gasteiger partial charge in [-0.1, -0.05) is 29.3 Å². The molecule has 0 radical (unpaired) electrons. The van der Waals surface area contributed by atoms with E-state index in [4.69, 9.17) is 28.9 Å². The molecule has 2 aromatic rings. The van der Waals surface area contributed by atoms with Crippen LogP contribution in [0.1, 0.15) is 0 Å². The van der Waals surface area contributed by atoms with Crippen LogP contribution >= 0.6 is 35.6 Å². The molecule has 7 heteroatoms. The van der Waals surface area contributed by atoms with Gasteiger partial charge < -0.3 is 10.6 Å². The number of nitrogens with zero attached hydrogens (tertiary/aromatic N) is 3. The molecule has 0 fully saturated rings. The molecule has 1 aromatic carbocycles. The fraction of sp³-hybridized carbons (Fsp3) is 0.167. The molecular formula is C12H13Cl3N4. The van der Waals surface area contributed by atoms with Crippen LogP contribution in [-0.4, -0.2) is 24.1 Å². The fourth-order valence-electron chi connectivity index (χ4n) is 1.62. The number of aromatic nitrogens is 2. The van der Waals surface area contributed by atoms with Gasteiger partial charge in [0, 0.05) is 36.4 Å². The van der Waals surface area contributed by atoms with Gasteiger partial charge >= 0.3 is 0 Å². The zero-order chi connectivity index (χ0) is 13.3. The van der Waals surface area contributed by atoms with E-state index in [1.165, 1.54) is 0 Å². The smallest absolute Gasteiger partial charge is 0.221 e. The summed E-state index contributed by atoms with van der Waals surface area (Å²) in [6.45, 7) is 0. The number of nitrogen functional groups attached to an aromatic ring is 1. The molecule has 2 rings (SSSR count). The van der Waals surface area contributed by atoms with Gasteiger partial charge in [0.2, 0.25) is 5.95 Å². The van der Waals surface area contributed by atoms with E-state index in [0.717, 1.165) is 11.1 Å². The van der Waals surface area contributed by atoms with E-state index in [1.807, 2.05) is 25.1 Å². The van der Waals surface area contributed by atoms with Crippen LogP contribution in [0, 0.1) is 0 Å². The van der Waals surface area contributed by atoms with Crippen LogP contribution in [0.2, 0.25) is 10.0 Å². The van der Waals surface area contributed by atoms with Crippen LogP contribution in [0.5, 0.6) is 0 Å². The Morgan fingerprint density at radius 3 is 2.42 bits per heavy atom. The van der Waals surface area contributed by atoms with Crippen molar-refractivity contribution in [1.82, 2.24) is 9.97 Å². The van der Waals surface area contributed by atoms with Crippen molar-refractivity contribution in [3.05, 3.63) is 34.4 Å². The topological polar surface area (TPSA) is 55.0 Å². The van der Waals surface area contributed by atoms with E-state index in [1.54, 1.807) is 18.3 Å². The molecule has 0 saturated carbocycles. The van der Waals surface area contributed by atoms with Crippen molar-refractivity contribution in [1.29, 1.82) is 0 Å². The molecule has 0 bridgehead atoms. The van der Waals surface area contributed by atoms with Crippen molar-refractivity contribution < 1.29 is 0 Å². The predicted molar refractivity (Wildman–Crippen MR) is 83.5 cm³/mol. The van der Waals surface area contributed by atoms with E-state index < -0.39 is 0 Å². The summed E-state index contributed by atoms with van der Waals surface area (Å²) in [5, 5.41) is 1.14. The molecule has 0 atom stereocenters. The standard InChI is InChI=1S/C12H12Cl2N4.ClH/c1-18(2)11-9(6-16-12(15)17-11)8-4-3-7(13)5-10(8)14;/h3-6H,1-2H3,(H2,15,16,17);1H. The number of nitrogens with two attached hydrogens (primary N) is 1. The Morgan fingerprint density at radius 2 is 1.84 bits per heavy atom. The summed E-state index contributed by atoms with van der Waals surface area (Å²) in [5.74, 6) is 0.944. The van der Waals surface area contributed by atoms with E-state index >= 15 is 0 Å². The van der Waals surface area contributed by atoms with Crippen LogP contribution in [0.4, 0.5) is 11.8 Å². The summed E-state index contributed by atoms with van der Waals surface area (Å²) in [6, 6.07) is 5.30. The zero-order valence-electron chi connectivity index (χ0n) is 10.4. The minimum absolute atomic E-state index is 0. The third kappa shape index (κ3) is 3.41. The second kappa shape index (κ2) is 6.28. The molecule has 1 heterocycles. The van der Waals surface area contributed by atoms with Crippen molar-refractivity contribution >= 4 is 47.4 Å². The Balaban J connectivity index is 0.00000180. The lowest BCUT2D eigenvalue weighted by Crippen LogP contribution is -2.13. The van der Waals surface area contributed by atoms with Crippen LogP contribution in [0.25, 0.3) is 11.1 Å². The summed E-state index contributed by atoms with van der Waals surface area (Å²) >= 11 is 12.1. The van der Waals surface area contributed by atoms with Crippen LogP contribution in [0.15, 0.2) is 24.4 Å². The van der Waals surface area contributed by atoms with Crippen molar-refractivity contribution in [2.24, 2.45) is 0 Å². The maximum atomic E-state index is 6.19. The first-order valence-electron chi connectivity index (χ1n) is 5.24. The summed E-state index contributed by atoms with van der Waals surface area (Å²) in [5.41, 5.74) is 7.24. The highest BCUT2D eigenvalue weighted by atomic mass is 35.5. The lowest BCUT2D eigenvalue weighted by molar-refractivity contribution is 1.05. The first kappa shape index (κ1) is 15.8. The molecule has 0 saturated heterocycles. The molecule has 0 aliphatic rings. The van der Waals surface area contributed by atoms with Gasteiger partial charge in [-0.3, -0.25) is 0 Å². The van der Waals surface area contributed by atoms with Gasteiger partial charge in [-0.05, 0) is 12.1 Å². The highest BCUT2D eigenvalue weighted by Gasteiger charge is 2.13. The molecule has 1 aromatic heterocycles. The quantitative estimate of drug-likeness (QED) is 0.920. The second-order valence-electron chi connectivity index (χ2n) is 3.98. The van der Waals surface area contributed by atoms with Gasteiger partial charge in [0.25, 0.3) is 0 Å². The summed E-state index contributed by atoms with van der Waals surface area (Å²) < 4.78 is 0. The molecule has 0 amide bonds. The Morgan fingerprint density at radius 1 is 1.16 bits per heavy atom. The zero-order valence-corrected chi connectivity index (χ0v) is 12.7. The summed E-state index contributed by atoms with van der Waals surface area (Å²) in [4.78, 5) is 10.1. The average Bonchev–Trinajstić information content (AvgIpc) is 2.29. The fourth-order valence-corrected chi connectivity index (χ4v) is 2.14. The van der Waals surface area contributed by atoms with E-state index in [-0.39, 0.29) is 18.4 Å². The van der Waals surface area contributed by atoms with Crippen molar-refractivity contribution in [2.45, 2.75) is 0 Å². The van der Waals surface area contributed by atoms with Gasteiger partial charge in [0.15, 0.2) is 0 Å². The van der Waals surface area contributed by atoms with Crippen molar-refractivity contribution in [3.8, 4) is 11.1 Å². The average molecular weight is 320 g/mol. The monoisotopic (exact) mass is 318 g/mol. The predicted octanol–water partition coefficient (Wildman–Crippen LogP) is 3.52. The Kier molecular flexibility index (Phi) is 5.23. The highest BCUT2D eigenvalue weighted by Crippen LogP contribution is 2.34. The van der Waals surface area contributed by atoms with Crippen molar-refractivity contribution in [3.63, 3.8) is 0 Å². The number of benzene rings is 1. The SMILES string of the molecule is CN(C)c1nc(N)ncc1-c1ccc(Cl)cc1Cl.Cl. The molecular weight excluding hydrogens is 307 g/mol. The first-order valence-corrected chi connectivity index (χ1v) is 6.00. The first-order chi connectivity index (χ1) is 8.49. The molecule has 0 unspecified atom stereocenters. The maximum absolute atomic E-state index is 6.19. The lowest BCUT2D eigenvalue weighted by atomic mass is 10.1. The largest absolute Gasteiger partial charge is 0.368 e. The molecule has 0 spiro atoms. The molecule has 0 aliphatic heterocycles. The number of anilines is 2. The third-order valence-electron chi connectivity index (χ3n) is 2.43. The van der Waals surface area contributed by atoms with Crippen molar-refractivity contribution in [2.75, 3.05) is 24.7 Å². The van der Waals surface area contributed by atoms with Crippen LogP contribution in [-0.2, 0) is 0 Å². The van der Waals surface area contributed by atoms with E-state index in [9.17, 15) is 0 Å². The van der Waals surface area contributed by atoms with Gasteiger partial charge in [-0.2, -0.15) is 4.98 Å².